The van der Waals surface area contributed by atoms with E-state index < -0.39 is 35.9 Å². The monoisotopic (exact) mass is 533 g/mol. The fourth-order valence-corrected chi connectivity index (χ4v) is 4.38. The SMILES string of the molecule is CC(C)C[C@@H](C(=O)O)N(C(=O)[C@H](Cc1ccccc1)NC(=O)[C@H](Cc1ccccc1)NC=O)N1C=CN=CC1. The molecular formula is C29H35N5O5. The van der Waals surface area contributed by atoms with Crippen molar-refractivity contribution in [3.63, 3.8) is 0 Å². The number of hydrogen-bond acceptors (Lipinski definition) is 6. The predicted octanol–water partition coefficient (Wildman–Crippen LogP) is 2.17. The maximum absolute atomic E-state index is 14.2. The lowest BCUT2D eigenvalue weighted by molar-refractivity contribution is -0.166. The molecule has 2 aromatic carbocycles. The fraction of sp³-hybridized carbons (Fsp3) is 0.345. The van der Waals surface area contributed by atoms with Crippen LogP contribution in [0.2, 0.25) is 0 Å². The lowest BCUT2D eigenvalue weighted by Gasteiger charge is -2.40. The van der Waals surface area contributed by atoms with Gasteiger partial charge in [-0.25, -0.2) is 9.80 Å². The molecule has 10 heteroatoms. The van der Waals surface area contributed by atoms with Gasteiger partial charge in [0.15, 0.2) is 6.04 Å². The molecule has 3 amide bonds. The number of amides is 3. The van der Waals surface area contributed by atoms with Crippen LogP contribution in [0.3, 0.4) is 0 Å². The molecule has 0 aliphatic carbocycles. The molecule has 2 aromatic rings. The molecule has 3 N–H and O–H groups in total. The van der Waals surface area contributed by atoms with Gasteiger partial charge in [0.05, 0.1) is 6.54 Å². The van der Waals surface area contributed by atoms with Crippen molar-refractivity contribution in [2.45, 2.75) is 51.2 Å². The fourth-order valence-electron chi connectivity index (χ4n) is 4.38. The van der Waals surface area contributed by atoms with Crippen molar-refractivity contribution in [1.29, 1.82) is 0 Å². The van der Waals surface area contributed by atoms with E-state index in [-0.39, 0.29) is 31.7 Å². The number of aliphatic carboxylic acids is 1. The van der Waals surface area contributed by atoms with Gasteiger partial charge in [0.25, 0.3) is 5.91 Å². The zero-order chi connectivity index (χ0) is 28.2. The number of carbonyl (C=O) groups is 4. The number of nitrogens with zero attached hydrogens (tertiary/aromatic N) is 3. The van der Waals surface area contributed by atoms with Crippen molar-refractivity contribution in [3.05, 3.63) is 84.2 Å². The van der Waals surface area contributed by atoms with E-state index in [1.165, 1.54) is 16.2 Å². The Bertz CT molecular complexity index is 1170. The molecule has 0 unspecified atom stereocenters. The Balaban J connectivity index is 1.96. The van der Waals surface area contributed by atoms with Gasteiger partial charge >= 0.3 is 5.97 Å². The highest BCUT2D eigenvalue weighted by Gasteiger charge is 2.38. The van der Waals surface area contributed by atoms with E-state index in [4.69, 9.17) is 0 Å². The first-order valence-corrected chi connectivity index (χ1v) is 12.9. The molecular weight excluding hydrogens is 498 g/mol. The summed E-state index contributed by atoms with van der Waals surface area (Å²) in [6.07, 6.45) is 5.60. The highest BCUT2D eigenvalue weighted by Crippen LogP contribution is 2.19. The van der Waals surface area contributed by atoms with E-state index in [0.717, 1.165) is 11.1 Å². The Morgan fingerprint density at radius 2 is 1.59 bits per heavy atom. The summed E-state index contributed by atoms with van der Waals surface area (Å²) in [5.74, 6) is -2.29. The number of aliphatic imine (C=N–C) groups is 1. The molecule has 0 saturated heterocycles. The quantitative estimate of drug-likeness (QED) is 0.319. The maximum Gasteiger partial charge on any atom is 0.328 e. The summed E-state index contributed by atoms with van der Waals surface area (Å²) >= 11 is 0. The highest BCUT2D eigenvalue weighted by molar-refractivity contribution is 5.92. The normalized spacial score (nSPS) is 14.8. The Kier molecular flexibility index (Phi) is 10.8. The van der Waals surface area contributed by atoms with Crippen LogP contribution in [0.4, 0.5) is 0 Å². The van der Waals surface area contributed by atoms with E-state index in [9.17, 15) is 24.3 Å². The number of hydrogen-bond donors (Lipinski definition) is 3. The number of nitrogens with one attached hydrogen (secondary N) is 2. The van der Waals surface area contributed by atoms with Gasteiger partial charge in [-0.2, -0.15) is 0 Å². The van der Waals surface area contributed by atoms with Crippen LogP contribution >= 0.6 is 0 Å². The van der Waals surface area contributed by atoms with E-state index in [1.54, 1.807) is 12.4 Å². The standard InChI is InChI=1S/C29H35N5O5/c1-21(2)17-26(29(38)39)34(33-15-13-30-14-16-33)28(37)25(19-23-11-7-4-8-12-23)32-27(36)24(31-20-35)18-22-9-5-3-6-10-22/h3-15,20-21,24-26H,16-19H2,1-2H3,(H,31,35)(H,32,36)(H,38,39)/t24-,25-,26-/m0/s1. The van der Waals surface area contributed by atoms with Crippen LogP contribution in [0.15, 0.2) is 78.1 Å². The van der Waals surface area contributed by atoms with E-state index in [0.29, 0.717) is 6.41 Å². The van der Waals surface area contributed by atoms with Crippen LogP contribution in [0.1, 0.15) is 31.4 Å². The van der Waals surface area contributed by atoms with Gasteiger partial charge in [0.2, 0.25) is 12.3 Å². The second-order valence-corrected chi connectivity index (χ2v) is 9.70. The molecule has 0 spiro atoms. The van der Waals surface area contributed by atoms with Crippen molar-refractivity contribution >= 4 is 30.4 Å². The summed E-state index contributed by atoms with van der Waals surface area (Å²) in [6.45, 7) is 3.96. The number of hydrazine groups is 1. The van der Waals surface area contributed by atoms with Crippen LogP contribution < -0.4 is 10.6 Å². The first-order valence-electron chi connectivity index (χ1n) is 12.9. The highest BCUT2D eigenvalue weighted by atomic mass is 16.4. The predicted molar refractivity (Wildman–Crippen MR) is 147 cm³/mol. The van der Waals surface area contributed by atoms with E-state index in [1.807, 2.05) is 74.5 Å². The molecule has 0 fully saturated rings. The summed E-state index contributed by atoms with van der Waals surface area (Å²) in [5, 5.41) is 18.2. The van der Waals surface area contributed by atoms with Gasteiger partial charge in [0, 0.05) is 31.5 Å². The Morgan fingerprint density at radius 3 is 2.08 bits per heavy atom. The summed E-state index contributed by atoms with van der Waals surface area (Å²) in [6, 6.07) is 15.2. The van der Waals surface area contributed by atoms with Crippen molar-refractivity contribution in [3.8, 4) is 0 Å². The number of carboxylic acids is 1. The summed E-state index contributed by atoms with van der Waals surface area (Å²) < 4.78 is 0. The maximum atomic E-state index is 14.2. The van der Waals surface area contributed by atoms with Crippen molar-refractivity contribution in [2.75, 3.05) is 6.54 Å². The summed E-state index contributed by atoms with van der Waals surface area (Å²) in [7, 11) is 0. The first-order chi connectivity index (χ1) is 18.8. The van der Waals surface area contributed by atoms with Crippen molar-refractivity contribution in [1.82, 2.24) is 20.7 Å². The molecule has 0 bridgehead atoms. The van der Waals surface area contributed by atoms with Crippen LogP contribution in [-0.2, 0) is 32.0 Å². The minimum Gasteiger partial charge on any atom is -0.480 e. The third kappa shape index (κ3) is 8.53. The van der Waals surface area contributed by atoms with Crippen molar-refractivity contribution in [2.24, 2.45) is 10.9 Å². The van der Waals surface area contributed by atoms with Crippen molar-refractivity contribution < 1.29 is 24.3 Å². The molecule has 1 aliphatic rings. The van der Waals surface area contributed by atoms with Gasteiger partial charge in [-0.1, -0.05) is 74.5 Å². The molecule has 3 atom stereocenters. The van der Waals surface area contributed by atoms with Crippen LogP contribution in [0.5, 0.6) is 0 Å². The number of carbonyl (C=O) groups excluding carboxylic acids is 3. The topological polar surface area (TPSA) is 131 Å². The van der Waals surface area contributed by atoms with Crippen LogP contribution in [0.25, 0.3) is 0 Å². The Hall–Kier alpha value is -4.47. The zero-order valence-corrected chi connectivity index (χ0v) is 22.1. The zero-order valence-electron chi connectivity index (χ0n) is 22.1. The van der Waals surface area contributed by atoms with Gasteiger partial charge in [-0.15, -0.1) is 0 Å². The van der Waals surface area contributed by atoms with Gasteiger partial charge in [-0.3, -0.25) is 24.4 Å². The molecule has 1 aliphatic heterocycles. The molecule has 10 nitrogen and oxygen atoms in total. The minimum absolute atomic E-state index is 0.0157. The second kappa shape index (κ2) is 14.5. The second-order valence-electron chi connectivity index (χ2n) is 9.70. The average Bonchev–Trinajstić information content (AvgIpc) is 2.93. The Labute approximate surface area is 228 Å². The lowest BCUT2D eigenvalue weighted by Crippen LogP contribution is -2.61. The molecule has 1 heterocycles. The molecule has 206 valence electrons. The first kappa shape index (κ1) is 29.1. The number of carboxylic acid groups (broad SMARTS) is 1. The average molecular weight is 534 g/mol. The minimum atomic E-state index is -1.17. The number of rotatable bonds is 14. The summed E-state index contributed by atoms with van der Waals surface area (Å²) in [4.78, 5) is 55.4. The van der Waals surface area contributed by atoms with Gasteiger partial charge in [0.1, 0.15) is 12.1 Å². The van der Waals surface area contributed by atoms with E-state index >= 15 is 0 Å². The summed E-state index contributed by atoms with van der Waals surface area (Å²) in [5.41, 5.74) is 1.62. The third-order valence-electron chi connectivity index (χ3n) is 6.24. The van der Waals surface area contributed by atoms with E-state index in [2.05, 4.69) is 15.6 Å². The molecule has 0 saturated carbocycles. The Morgan fingerprint density at radius 1 is 1.00 bits per heavy atom. The lowest BCUT2D eigenvalue weighted by atomic mass is 10.00. The molecule has 39 heavy (non-hydrogen) atoms. The molecule has 3 rings (SSSR count). The third-order valence-corrected chi connectivity index (χ3v) is 6.24. The van der Waals surface area contributed by atoms with Gasteiger partial charge < -0.3 is 15.7 Å². The van der Waals surface area contributed by atoms with Crippen LogP contribution in [-0.4, -0.2) is 70.2 Å². The molecule has 0 aromatic heterocycles. The van der Waals surface area contributed by atoms with Gasteiger partial charge in [-0.05, 0) is 23.5 Å². The smallest absolute Gasteiger partial charge is 0.328 e. The number of benzene rings is 2. The van der Waals surface area contributed by atoms with Crippen LogP contribution in [0, 0.1) is 5.92 Å². The largest absolute Gasteiger partial charge is 0.480 e. The molecule has 0 radical (unpaired) electrons.